The summed E-state index contributed by atoms with van der Waals surface area (Å²) in [6, 6.07) is 5.71. The van der Waals surface area contributed by atoms with E-state index in [0.29, 0.717) is 16.5 Å². The van der Waals surface area contributed by atoms with Gasteiger partial charge in [-0.05, 0) is 46.8 Å². The van der Waals surface area contributed by atoms with Gasteiger partial charge in [0, 0.05) is 10.5 Å². The van der Waals surface area contributed by atoms with Crippen molar-refractivity contribution in [3.63, 3.8) is 0 Å². The van der Waals surface area contributed by atoms with Crippen LogP contribution >= 0.6 is 27.5 Å². The molecule has 1 saturated carbocycles. The summed E-state index contributed by atoms with van der Waals surface area (Å²) in [7, 11) is 0. The zero-order valence-corrected chi connectivity index (χ0v) is 12.7. The number of benzene rings is 1. The van der Waals surface area contributed by atoms with Gasteiger partial charge in [-0.2, -0.15) is 0 Å². The van der Waals surface area contributed by atoms with E-state index in [9.17, 15) is 4.79 Å². The van der Waals surface area contributed by atoms with Gasteiger partial charge in [0.25, 0.3) is 5.91 Å². The topological polar surface area (TPSA) is 29.1 Å². The molecule has 98 valence electrons. The van der Waals surface area contributed by atoms with Crippen molar-refractivity contribution < 1.29 is 4.79 Å². The van der Waals surface area contributed by atoms with Crippen LogP contribution in [-0.2, 0) is 0 Å². The van der Waals surface area contributed by atoms with Crippen molar-refractivity contribution in [2.45, 2.75) is 38.6 Å². The highest BCUT2D eigenvalue weighted by molar-refractivity contribution is 9.10. The van der Waals surface area contributed by atoms with Crippen molar-refractivity contribution in [1.82, 2.24) is 5.32 Å². The molecule has 2 nitrogen and oxygen atoms in total. The molecule has 1 aliphatic rings. The molecule has 1 amide bonds. The number of hydrogen-bond donors (Lipinski definition) is 1. The highest BCUT2D eigenvalue weighted by Crippen LogP contribution is 2.27. The minimum atomic E-state index is -0.0691. The lowest BCUT2D eigenvalue weighted by Gasteiger charge is -2.27. The van der Waals surface area contributed by atoms with Crippen molar-refractivity contribution in [1.29, 1.82) is 0 Å². The van der Waals surface area contributed by atoms with E-state index >= 15 is 0 Å². The van der Waals surface area contributed by atoms with Crippen LogP contribution in [0.15, 0.2) is 22.7 Å². The molecule has 4 heteroatoms. The quantitative estimate of drug-likeness (QED) is 0.855. The lowest BCUT2D eigenvalue weighted by Crippen LogP contribution is -2.38. The fraction of sp³-hybridized carbons (Fsp3) is 0.500. The number of rotatable bonds is 2. The predicted octanol–water partition coefficient (Wildman–Crippen LogP) is 4.41. The molecule has 0 radical (unpaired) electrons. The fourth-order valence-electron chi connectivity index (χ4n) is 2.51. The minimum Gasteiger partial charge on any atom is -0.349 e. The molecule has 1 N–H and O–H groups in total. The summed E-state index contributed by atoms with van der Waals surface area (Å²) in [5.41, 5.74) is 0.546. The average molecular weight is 331 g/mol. The van der Waals surface area contributed by atoms with Crippen LogP contribution in [0.4, 0.5) is 0 Å². The number of hydrogen-bond acceptors (Lipinski definition) is 1. The predicted molar refractivity (Wildman–Crippen MR) is 78.0 cm³/mol. The molecule has 0 aromatic heterocycles. The first kappa shape index (κ1) is 13.9. The molecule has 1 aromatic rings. The molecule has 18 heavy (non-hydrogen) atoms. The molecular formula is C14H17BrClNO. The van der Waals surface area contributed by atoms with Gasteiger partial charge >= 0.3 is 0 Å². The van der Waals surface area contributed by atoms with E-state index in [1.165, 1.54) is 12.8 Å². The first-order chi connectivity index (χ1) is 8.58. The average Bonchev–Trinajstić information content (AvgIpc) is 2.32. The zero-order valence-electron chi connectivity index (χ0n) is 10.4. The monoisotopic (exact) mass is 329 g/mol. The van der Waals surface area contributed by atoms with E-state index in [1.807, 2.05) is 12.1 Å². The van der Waals surface area contributed by atoms with Crippen molar-refractivity contribution >= 4 is 33.4 Å². The molecular weight excluding hydrogens is 314 g/mol. The molecule has 0 heterocycles. The van der Waals surface area contributed by atoms with Gasteiger partial charge in [0.2, 0.25) is 0 Å². The maximum absolute atomic E-state index is 12.2. The third-order valence-electron chi connectivity index (χ3n) is 3.47. The maximum Gasteiger partial charge on any atom is 0.253 e. The molecule has 0 bridgehead atoms. The molecule has 0 spiro atoms. The highest BCUT2D eigenvalue weighted by atomic mass is 79.9. The van der Waals surface area contributed by atoms with Crippen LogP contribution in [0.1, 0.15) is 43.0 Å². The molecule has 2 atom stereocenters. The number of halogens is 2. The summed E-state index contributed by atoms with van der Waals surface area (Å²) in [5.74, 6) is 0.627. The normalized spacial score (nSPS) is 23.7. The van der Waals surface area contributed by atoms with E-state index in [-0.39, 0.29) is 11.9 Å². The van der Waals surface area contributed by atoms with Gasteiger partial charge in [0.15, 0.2) is 0 Å². The van der Waals surface area contributed by atoms with Gasteiger partial charge < -0.3 is 5.32 Å². The largest absolute Gasteiger partial charge is 0.349 e. The van der Waals surface area contributed by atoms with Gasteiger partial charge in [0.1, 0.15) is 0 Å². The lowest BCUT2D eigenvalue weighted by atomic mass is 9.87. The van der Waals surface area contributed by atoms with Crippen LogP contribution < -0.4 is 5.32 Å². The Labute approximate surface area is 121 Å². The van der Waals surface area contributed by atoms with Crippen molar-refractivity contribution in [3.05, 3.63) is 33.3 Å². The molecule has 0 aliphatic heterocycles. The standard InChI is InChI=1S/C14H17BrClNO/c1-9-4-2-5-10(8-9)17-14(18)11-6-3-7-12(15)13(11)16/h3,6-7,9-10H,2,4-5,8H2,1H3,(H,17,18). The Morgan fingerprint density at radius 3 is 2.94 bits per heavy atom. The number of amides is 1. The van der Waals surface area contributed by atoms with Crippen LogP contribution in [0, 0.1) is 5.92 Å². The fourth-order valence-corrected chi connectivity index (χ4v) is 3.09. The van der Waals surface area contributed by atoms with Gasteiger partial charge in [-0.25, -0.2) is 0 Å². The maximum atomic E-state index is 12.2. The van der Waals surface area contributed by atoms with Crippen molar-refractivity contribution in [3.8, 4) is 0 Å². The summed E-state index contributed by atoms with van der Waals surface area (Å²) >= 11 is 9.46. The Balaban J connectivity index is 2.05. The molecule has 1 aromatic carbocycles. The first-order valence-electron chi connectivity index (χ1n) is 6.33. The Bertz CT molecular complexity index is 449. The molecule has 0 saturated heterocycles. The highest BCUT2D eigenvalue weighted by Gasteiger charge is 2.22. The molecule has 1 fully saturated rings. The van der Waals surface area contributed by atoms with Crippen LogP contribution in [0.25, 0.3) is 0 Å². The molecule has 1 aliphatic carbocycles. The van der Waals surface area contributed by atoms with Crippen LogP contribution in [0.5, 0.6) is 0 Å². The van der Waals surface area contributed by atoms with E-state index in [2.05, 4.69) is 28.2 Å². The second-order valence-electron chi connectivity index (χ2n) is 5.04. The molecule has 2 rings (SSSR count). The van der Waals surface area contributed by atoms with E-state index in [1.54, 1.807) is 6.07 Å². The van der Waals surface area contributed by atoms with Gasteiger partial charge in [-0.15, -0.1) is 0 Å². The van der Waals surface area contributed by atoms with Crippen molar-refractivity contribution in [2.75, 3.05) is 0 Å². The van der Waals surface area contributed by atoms with Gasteiger partial charge in [-0.1, -0.05) is 37.4 Å². The smallest absolute Gasteiger partial charge is 0.253 e. The lowest BCUT2D eigenvalue weighted by molar-refractivity contribution is 0.0921. The summed E-state index contributed by atoms with van der Waals surface area (Å²) in [4.78, 5) is 12.2. The van der Waals surface area contributed by atoms with E-state index < -0.39 is 0 Å². The second kappa shape index (κ2) is 6.07. The number of nitrogens with one attached hydrogen (secondary N) is 1. The SMILES string of the molecule is CC1CCCC(NC(=O)c2cccc(Br)c2Cl)C1. The Morgan fingerprint density at radius 2 is 2.22 bits per heavy atom. The Kier molecular flexibility index (Phi) is 4.68. The van der Waals surface area contributed by atoms with Gasteiger partial charge in [0.05, 0.1) is 10.6 Å². The van der Waals surface area contributed by atoms with Gasteiger partial charge in [-0.3, -0.25) is 4.79 Å². The number of carbonyl (C=O) groups is 1. The van der Waals surface area contributed by atoms with Crippen LogP contribution in [0.3, 0.4) is 0 Å². The Morgan fingerprint density at radius 1 is 1.44 bits per heavy atom. The second-order valence-corrected chi connectivity index (χ2v) is 6.28. The minimum absolute atomic E-state index is 0.0691. The van der Waals surface area contributed by atoms with Crippen LogP contribution in [0.2, 0.25) is 5.02 Å². The Hall–Kier alpha value is -0.540. The third kappa shape index (κ3) is 3.27. The van der Waals surface area contributed by atoms with Crippen LogP contribution in [-0.4, -0.2) is 11.9 Å². The first-order valence-corrected chi connectivity index (χ1v) is 7.50. The summed E-state index contributed by atoms with van der Waals surface area (Å²) < 4.78 is 0.758. The summed E-state index contributed by atoms with van der Waals surface area (Å²) in [6.07, 6.45) is 4.60. The molecule has 2 unspecified atom stereocenters. The third-order valence-corrected chi connectivity index (χ3v) is 4.76. The number of carbonyl (C=O) groups excluding carboxylic acids is 1. The summed E-state index contributed by atoms with van der Waals surface area (Å²) in [5, 5.41) is 3.57. The summed E-state index contributed by atoms with van der Waals surface area (Å²) in [6.45, 7) is 2.24. The van der Waals surface area contributed by atoms with E-state index in [0.717, 1.165) is 17.3 Å². The zero-order chi connectivity index (χ0) is 13.1. The van der Waals surface area contributed by atoms with E-state index in [4.69, 9.17) is 11.6 Å². The van der Waals surface area contributed by atoms with Crippen molar-refractivity contribution in [2.24, 2.45) is 5.92 Å².